The van der Waals surface area contributed by atoms with Gasteiger partial charge in [0.25, 0.3) is 0 Å². The zero-order valence-electron chi connectivity index (χ0n) is 10.3. The van der Waals surface area contributed by atoms with Crippen molar-refractivity contribution in [1.82, 2.24) is 4.98 Å². The van der Waals surface area contributed by atoms with Gasteiger partial charge in [-0.15, -0.1) is 0 Å². The van der Waals surface area contributed by atoms with Crippen LogP contribution in [0.25, 0.3) is 0 Å². The number of pyridine rings is 1. The molecule has 0 radical (unpaired) electrons. The first-order valence-electron chi connectivity index (χ1n) is 6.15. The number of rotatable bonds is 2. The molecule has 3 rings (SSSR count). The third kappa shape index (κ3) is 1.87. The molecule has 0 spiro atoms. The smallest absolute Gasteiger partial charge is 0.122 e. The Labute approximate surface area is 107 Å². The monoisotopic (exact) mass is 240 g/mol. The van der Waals surface area contributed by atoms with Gasteiger partial charge >= 0.3 is 0 Å². The molecule has 3 heteroatoms. The minimum absolute atomic E-state index is 0.0678. The van der Waals surface area contributed by atoms with Crippen LogP contribution in [-0.2, 0) is 0 Å². The normalized spacial score (nSPS) is 19.1. The third-order valence-electron chi connectivity index (χ3n) is 3.49. The van der Waals surface area contributed by atoms with Gasteiger partial charge in [0.15, 0.2) is 0 Å². The largest absolute Gasteiger partial charge is 0.493 e. The van der Waals surface area contributed by atoms with Crippen molar-refractivity contribution in [2.75, 3.05) is 6.61 Å². The number of nitrogens with zero attached hydrogens (tertiary/aromatic N) is 1. The maximum absolute atomic E-state index is 6.35. The average Bonchev–Trinajstić information content (AvgIpc) is 2.82. The van der Waals surface area contributed by atoms with E-state index >= 15 is 0 Å². The van der Waals surface area contributed by atoms with Gasteiger partial charge in [0.05, 0.1) is 6.61 Å². The SMILES string of the molecule is Cc1ccc(C(N)C2COc3ccccc32)cn1. The Morgan fingerprint density at radius 1 is 1.28 bits per heavy atom. The van der Waals surface area contributed by atoms with Gasteiger partial charge in [0, 0.05) is 29.4 Å². The van der Waals surface area contributed by atoms with E-state index in [0.29, 0.717) is 6.61 Å². The highest BCUT2D eigenvalue weighted by Gasteiger charge is 2.29. The van der Waals surface area contributed by atoms with Crippen molar-refractivity contribution < 1.29 is 4.74 Å². The standard InChI is InChI=1S/C15H16N2O/c1-10-6-7-11(8-17-10)15(16)13-9-18-14-5-3-2-4-12(13)14/h2-8,13,15H,9,16H2,1H3. The third-order valence-corrected chi connectivity index (χ3v) is 3.49. The number of fused-ring (bicyclic) bond motifs is 1. The fourth-order valence-electron chi connectivity index (χ4n) is 2.39. The van der Waals surface area contributed by atoms with Crippen molar-refractivity contribution in [2.24, 2.45) is 5.73 Å². The number of hydrogen-bond acceptors (Lipinski definition) is 3. The highest BCUT2D eigenvalue weighted by molar-refractivity contribution is 5.41. The number of aryl methyl sites for hydroxylation is 1. The zero-order chi connectivity index (χ0) is 12.5. The fraction of sp³-hybridized carbons (Fsp3) is 0.267. The first kappa shape index (κ1) is 11.2. The molecule has 1 aliphatic rings. The maximum Gasteiger partial charge on any atom is 0.122 e. The highest BCUT2D eigenvalue weighted by atomic mass is 16.5. The van der Waals surface area contributed by atoms with Gasteiger partial charge in [-0.1, -0.05) is 24.3 Å². The predicted octanol–water partition coefficient (Wildman–Crippen LogP) is 2.57. The number of ether oxygens (including phenoxy) is 1. The highest BCUT2D eigenvalue weighted by Crippen LogP contribution is 2.39. The van der Waals surface area contributed by atoms with E-state index in [0.717, 1.165) is 17.0 Å². The minimum Gasteiger partial charge on any atom is -0.493 e. The van der Waals surface area contributed by atoms with E-state index in [2.05, 4.69) is 11.1 Å². The Morgan fingerprint density at radius 3 is 2.89 bits per heavy atom. The molecule has 3 nitrogen and oxygen atoms in total. The lowest BCUT2D eigenvalue weighted by molar-refractivity contribution is 0.315. The van der Waals surface area contributed by atoms with E-state index in [1.807, 2.05) is 43.5 Å². The lowest BCUT2D eigenvalue weighted by Crippen LogP contribution is -2.21. The summed E-state index contributed by atoms with van der Waals surface area (Å²) in [6.45, 7) is 2.62. The topological polar surface area (TPSA) is 48.1 Å². The molecule has 0 bridgehead atoms. The molecule has 0 amide bonds. The van der Waals surface area contributed by atoms with E-state index in [-0.39, 0.29) is 12.0 Å². The second kappa shape index (κ2) is 4.42. The van der Waals surface area contributed by atoms with Gasteiger partial charge in [-0.2, -0.15) is 0 Å². The second-order valence-corrected chi connectivity index (χ2v) is 4.71. The van der Waals surface area contributed by atoms with Crippen LogP contribution in [0.3, 0.4) is 0 Å². The molecule has 0 saturated carbocycles. The van der Waals surface area contributed by atoms with E-state index in [1.54, 1.807) is 0 Å². The molecule has 2 aromatic rings. The predicted molar refractivity (Wildman–Crippen MR) is 70.6 cm³/mol. The van der Waals surface area contributed by atoms with Crippen molar-refractivity contribution in [1.29, 1.82) is 0 Å². The van der Waals surface area contributed by atoms with Crippen LogP contribution in [0.15, 0.2) is 42.6 Å². The molecule has 1 aliphatic heterocycles. The summed E-state index contributed by atoms with van der Waals surface area (Å²) in [5.74, 6) is 1.17. The fourth-order valence-corrected chi connectivity index (χ4v) is 2.39. The van der Waals surface area contributed by atoms with Crippen LogP contribution in [0.4, 0.5) is 0 Å². The Balaban J connectivity index is 1.90. The average molecular weight is 240 g/mol. The van der Waals surface area contributed by atoms with Crippen LogP contribution in [-0.4, -0.2) is 11.6 Å². The van der Waals surface area contributed by atoms with E-state index in [4.69, 9.17) is 10.5 Å². The number of benzene rings is 1. The first-order chi connectivity index (χ1) is 8.75. The van der Waals surface area contributed by atoms with Gasteiger partial charge in [-0.25, -0.2) is 0 Å². The van der Waals surface area contributed by atoms with E-state index in [1.165, 1.54) is 5.56 Å². The van der Waals surface area contributed by atoms with Crippen molar-refractivity contribution in [2.45, 2.75) is 18.9 Å². The number of hydrogen-bond donors (Lipinski definition) is 1. The van der Waals surface area contributed by atoms with Crippen molar-refractivity contribution in [3.8, 4) is 5.75 Å². The summed E-state index contributed by atoms with van der Waals surface area (Å²) in [7, 11) is 0. The Morgan fingerprint density at radius 2 is 2.11 bits per heavy atom. The summed E-state index contributed by atoms with van der Waals surface area (Å²) in [6, 6.07) is 12.1. The Hall–Kier alpha value is -1.87. The molecular formula is C15H16N2O. The van der Waals surface area contributed by atoms with Gasteiger partial charge < -0.3 is 10.5 Å². The lowest BCUT2D eigenvalue weighted by atomic mass is 9.90. The summed E-state index contributed by atoms with van der Waals surface area (Å²) < 4.78 is 5.68. The van der Waals surface area contributed by atoms with E-state index in [9.17, 15) is 0 Å². The van der Waals surface area contributed by atoms with Crippen LogP contribution in [0.5, 0.6) is 5.75 Å². The molecule has 0 aliphatic carbocycles. The second-order valence-electron chi connectivity index (χ2n) is 4.71. The molecular weight excluding hydrogens is 224 g/mol. The lowest BCUT2D eigenvalue weighted by Gasteiger charge is -2.18. The van der Waals surface area contributed by atoms with Crippen LogP contribution >= 0.6 is 0 Å². The number of aromatic nitrogens is 1. The molecule has 92 valence electrons. The van der Waals surface area contributed by atoms with Crippen molar-refractivity contribution in [3.63, 3.8) is 0 Å². The molecule has 2 atom stereocenters. The van der Waals surface area contributed by atoms with Crippen LogP contribution in [0.2, 0.25) is 0 Å². The summed E-state index contributed by atoms with van der Waals surface area (Å²) >= 11 is 0. The van der Waals surface area contributed by atoms with Crippen LogP contribution in [0.1, 0.15) is 28.8 Å². The number of para-hydroxylation sites is 1. The van der Waals surface area contributed by atoms with Gasteiger partial charge in [0.2, 0.25) is 0 Å². The maximum atomic E-state index is 6.35. The molecule has 0 fully saturated rings. The Bertz CT molecular complexity index is 551. The Kier molecular flexibility index (Phi) is 2.76. The summed E-state index contributed by atoms with van der Waals surface area (Å²) in [5, 5.41) is 0. The van der Waals surface area contributed by atoms with Crippen molar-refractivity contribution >= 4 is 0 Å². The molecule has 18 heavy (non-hydrogen) atoms. The quantitative estimate of drug-likeness (QED) is 0.877. The summed E-state index contributed by atoms with van der Waals surface area (Å²) in [4.78, 5) is 4.31. The number of nitrogens with two attached hydrogens (primary N) is 1. The molecule has 1 aromatic carbocycles. The molecule has 1 aromatic heterocycles. The van der Waals surface area contributed by atoms with Crippen molar-refractivity contribution in [3.05, 3.63) is 59.4 Å². The minimum atomic E-state index is -0.0678. The molecule has 2 unspecified atom stereocenters. The first-order valence-corrected chi connectivity index (χ1v) is 6.15. The van der Waals surface area contributed by atoms with Gasteiger partial charge in [-0.05, 0) is 24.6 Å². The summed E-state index contributed by atoms with van der Waals surface area (Å²) in [5.41, 5.74) is 9.61. The molecule has 2 heterocycles. The summed E-state index contributed by atoms with van der Waals surface area (Å²) in [6.07, 6.45) is 1.86. The van der Waals surface area contributed by atoms with E-state index < -0.39 is 0 Å². The molecule has 0 saturated heterocycles. The van der Waals surface area contributed by atoms with Crippen LogP contribution in [0, 0.1) is 6.92 Å². The van der Waals surface area contributed by atoms with Crippen LogP contribution < -0.4 is 10.5 Å². The van der Waals surface area contributed by atoms with Gasteiger partial charge in [-0.3, -0.25) is 4.98 Å². The van der Waals surface area contributed by atoms with Gasteiger partial charge in [0.1, 0.15) is 5.75 Å². The zero-order valence-corrected chi connectivity index (χ0v) is 10.3. The molecule has 2 N–H and O–H groups in total.